The van der Waals surface area contributed by atoms with E-state index in [1.54, 1.807) is 30.3 Å². The fraction of sp³-hybridized carbons (Fsp3) is 0.167. The number of aryl methyl sites for hydroxylation is 1. The molecule has 0 fully saturated rings. The van der Waals surface area contributed by atoms with Gasteiger partial charge in [0.1, 0.15) is 17.5 Å². The van der Waals surface area contributed by atoms with Gasteiger partial charge in [-0.1, -0.05) is 24.3 Å². The van der Waals surface area contributed by atoms with Gasteiger partial charge in [-0.3, -0.25) is 14.6 Å². The molecule has 1 aliphatic heterocycles. The normalized spacial score (nSPS) is 16.4. The topological polar surface area (TPSA) is 108 Å². The van der Waals surface area contributed by atoms with Crippen LogP contribution in [0.25, 0.3) is 0 Å². The highest BCUT2D eigenvalue weighted by atomic mass is 16.3. The number of rotatable bonds is 4. The van der Waals surface area contributed by atoms with Gasteiger partial charge in [0.05, 0.1) is 11.4 Å². The zero-order valence-corrected chi connectivity index (χ0v) is 13.6. The van der Waals surface area contributed by atoms with Gasteiger partial charge in [-0.2, -0.15) is 5.10 Å². The molecule has 1 aliphatic rings. The summed E-state index contributed by atoms with van der Waals surface area (Å²) in [6.45, 7) is 1.83. The number of aromatic hydroxyl groups is 1. The molecule has 1 unspecified atom stereocenters. The minimum atomic E-state index is -0.727. The molecule has 1 heterocycles. The Morgan fingerprint density at radius 2 is 1.96 bits per heavy atom. The van der Waals surface area contributed by atoms with Gasteiger partial charge in [0.2, 0.25) is 5.91 Å². The maximum Gasteiger partial charge on any atom is 0.272 e. The van der Waals surface area contributed by atoms with E-state index in [0.29, 0.717) is 5.69 Å². The van der Waals surface area contributed by atoms with Gasteiger partial charge in [-0.05, 0) is 36.8 Å². The SMILES string of the molecule is Cc1ccc(NC(=O)C2=NN(c3ccccc3)C(C(N)=O)C2)c(O)c1. The third-order valence-corrected chi connectivity index (χ3v) is 3.92. The number of primary amides is 1. The zero-order chi connectivity index (χ0) is 18.0. The molecule has 3 rings (SSSR count). The molecular formula is C18H18N4O3. The standard InChI is InChI=1S/C18H18N4O3/c1-11-7-8-13(16(23)9-11)20-18(25)14-10-15(17(19)24)22(21-14)12-5-3-2-4-6-12/h2-9,15,23H,10H2,1H3,(H2,19,24)(H,20,25). The number of para-hydroxylation sites is 1. The van der Waals surface area contributed by atoms with Crippen molar-refractivity contribution in [2.75, 3.05) is 10.3 Å². The van der Waals surface area contributed by atoms with Crippen molar-refractivity contribution in [3.05, 3.63) is 54.1 Å². The van der Waals surface area contributed by atoms with E-state index in [9.17, 15) is 14.7 Å². The monoisotopic (exact) mass is 338 g/mol. The van der Waals surface area contributed by atoms with Crippen molar-refractivity contribution in [2.24, 2.45) is 10.8 Å². The lowest BCUT2D eigenvalue weighted by molar-refractivity contribution is -0.119. The Bertz CT molecular complexity index is 849. The summed E-state index contributed by atoms with van der Waals surface area (Å²) in [7, 11) is 0. The van der Waals surface area contributed by atoms with Crippen LogP contribution < -0.4 is 16.1 Å². The van der Waals surface area contributed by atoms with Gasteiger partial charge in [-0.15, -0.1) is 0 Å². The summed E-state index contributed by atoms with van der Waals surface area (Å²) in [5.74, 6) is -1.07. The van der Waals surface area contributed by atoms with Crippen molar-refractivity contribution < 1.29 is 14.7 Å². The molecule has 0 radical (unpaired) electrons. The molecule has 2 amide bonds. The third kappa shape index (κ3) is 3.45. The summed E-state index contributed by atoms with van der Waals surface area (Å²) in [5, 5.41) is 18.2. The fourth-order valence-electron chi connectivity index (χ4n) is 2.63. The second kappa shape index (κ2) is 6.64. The van der Waals surface area contributed by atoms with Crippen molar-refractivity contribution in [3.63, 3.8) is 0 Å². The molecule has 7 nitrogen and oxygen atoms in total. The van der Waals surface area contributed by atoms with Gasteiger partial charge < -0.3 is 16.2 Å². The van der Waals surface area contributed by atoms with Gasteiger partial charge in [0.25, 0.3) is 5.91 Å². The van der Waals surface area contributed by atoms with Gasteiger partial charge >= 0.3 is 0 Å². The summed E-state index contributed by atoms with van der Waals surface area (Å²) in [4.78, 5) is 24.2. The number of anilines is 2. The average molecular weight is 338 g/mol. The Labute approximate surface area is 144 Å². The van der Waals surface area contributed by atoms with Crippen molar-refractivity contribution in [1.29, 1.82) is 0 Å². The van der Waals surface area contributed by atoms with Crippen molar-refractivity contribution in [1.82, 2.24) is 0 Å². The number of hydrogen-bond acceptors (Lipinski definition) is 5. The quantitative estimate of drug-likeness (QED) is 0.738. The summed E-state index contributed by atoms with van der Waals surface area (Å²) in [6.07, 6.45) is 0.0999. The van der Waals surface area contributed by atoms with Crippen molar-refractivity contribution in [3.8, 4) is 5.75 Å². The Balaban J connectivity index is 1.84. The predicted octanol–water partition coefficient (Wildman–Crippen LogP) is 1.76. The number of phenolic OH excluding ortho intramolecular Hbond substituents is 1. The molecule has 4 N–H and O–H groups in total. The van der Waals surface area contributed by atoms with E-state index in [4.69, 9.17) is 5.73 Å². The van der Waals surface area contributed by atoms with Crippen LogP contribution in [0.1, 0.15) is 12.0 Å². The maximum absolute atomic E-state index is 12.5. The Hall–Kier alpha value is -3.35. The largest absolute Gasteiger partial charge is 0.506 e. The van der Waals surface area contributed by atoms with E-state index in [0.717, 1.165) is 5.56 Å². The van der Waals surface area contributed by atoms with E-state index in [1.807, 2.05) is 25.1 Å². The van der Waals surface area contributed by atoms with Crippen LogP contribution in [-0.2, 0) is 9.59 Å². The molecular weight excluding hydrogens is 320 g/mol. The molecule has 2 aromatic rings. The van der Waals surface area contributed by atoms with Crippen LogP contribution in [0.2, 0.25) is 0 Å². The first kappa shape index (κ1) is 16.5. The van der Waals surface area contributed by atoms with Gasteiger partial charge in [0, 0.05) is 6.42 Å². The molecule has 0 saturated carbocycles. The number of benzene rings is 2. The number of nitrogens with two attached hydrogens (primary N) is 1. The number of amides is 2. The lowest BCUT2D eigenvalue weighted by Crippen LogP contribution is -2.39. The number of nitrogens with one attached hydrogen (secondary N) is 1. The first-order chi connectivity index (χ1) is 12.0. The maximum atomic E-state index is 12.5. The summed E-state index contributed by atoms with van der Waals surface area (Å²) < 4.78 is 0. The fourth-order valence-corrected chi connectivity index (χ4v) is 2.63. The molecule has 25 heavy (non-hydrogen) atoms. The van der Waals surface area contributed by atoms with Crippen LogP contribution in [0, 0.1) is 6.92 Å². The zero-order valence-electron chi connectivity index (χ0n) is 13.6. The summed E-state index contributed by atoms with van der Waals surface area (Å²) in [5.41, 5.74) is 7.46. The van der Waals surface area contributed by atoms with Gasteiger partial charge in [-0.25, -0.2) is 0 Å². The second-order valence-electron chi connectivity index (χ2n) is 5.82. The van der Waals surface area contributed by atoms with Crippen LogP contribution in [0.15, 0.2) is 53.6 Å². The highest BCUT2D eigenvalue weighted by molar-refractivity contribution is 6.44. The van der Waals surface area contributed by atoms with E-state index in [2.05, 4.69) is 10.4 Å². The smallest absolute Gasteiger partial charge is 0.272 e. The number of hydrogen-bond donors (Lipinski definition) is 3. The van der Waals surface area contributed by atoms with E-state index in [1.165, 1.54) is 5.01 Å². The van der Waals surface area contributed by atoms with Crippen LogP contribution in [0.5, 0.6) is 5.75 Å². The molecule has 0 aliphatic carbocycles. The molecule has 2 aromatic carbocycles. The minimum absolute atomic E-state index is 0.0293. The molecule has 128 valence electrons. The molecule has 0 saturated heterocycles. The molecule has 7 heteroatoms. The highest BCUT2D eigenvalue weighted by Crippen LogP contribution is 2.27. The van der Waals surface area contributed by atoms with E-state index < -0.39 is 17.9 Å². The summed E-state index contributed by atoms with van der Waals surface area (Å²) >= 11 is 0. The van der Waals surface area contributed by atoms with E-state index in [-0.39, 0.29) is 23.6 Å². The van der Waals surface area contributed by atoms with Crippen molar-refractivity contribution >= 4 is 28.9 Å². The number of carbonyl (C=O) groups excluding carboxylic acids is 2. The van der Waals surface area contributed by atoms with Crippen LogP contribution >= 0.6 is 0 Å². The van der Waals surface area contributed by atoms with Crippen molar-refractivity contribution in [2.45, 2.75) is 19.4 Å². The number of hydrazone groups is 1. The van der Waals surface area contributed by atoms with Crippen LogP contribution in [0.4, 0.5) is 11.4 Å². The van der Waals surface area contributed by atoms with E-state index >= 15 is 0 Å². The lowest BCUT2D eigenvalue weighted by Gasteiger charge is -2.20. The number of nitrogens with zero attached hydrogens (tertiary/aromatic N) is 2. The van der Waals surface area contributed by atoms with Gasteiger partial charge in [0.15, 0.2) is 0 Å². The number of phenols is 1. The Morgan fingerprint density at radius 3 is 2.60 bits per heavy atom. The minimum Gasteiger partial charge on any atom is -0.506 e. The second-order valence-corrected chi connectivity index (χ2v) is 5.82. The Morgan fingerprint density at radius 1 is 1.24 bits per heavy atom. The average Bonchev–Trinajstić information content (AvgIpc) is 3.04. The lowest BCUT2D eigenvalue weighted by atomic mass is 10.1. The first-order valence-electron chi connectivity index (χ1n) is 7.78. The predicted molar refractivity (Wildman–Crippen MR) is 95.4 cm³/mol. The first-order valence-corrected chi connectivity index (χ1v) is 7.78. The van der Waals surface area contributed by atoms with Crippen LogP contribution in [0.3, 0.4) is 0 Å². The highest BCUT2D eigenvalue weighted by Gasteiger charge is 2.35. The molecule has 0 spiro atoms. The third-order valence-electron chi connectivity index (χ3n) is 3.92. The van der Waals surface area contributed by atoms with Crippen LogP contribution in [-0.4, -0.2) is 28.7 Å². The summed E-state index contributed by atoms with van der Waals surface area (Å²) in [6, 6.07) is 13.2. The molecule has 1 atom stereocenters. The molecule has 0 bridgehead atoms. The Kier molecular flexibility index (Phi) is 4.38. The molecule has 0 aromatic heterocycles. The number of carbonyl (C=O) groups is 2.